The number of carbonyl (C=O) groups excluding carboxylic acids is 2. The number of halogens is 1. The fraction of sp³-hybridized carbons (Fsp3) is 0.400. The highest BCUT2D eigenvalue weighted by atomic mass is 19.1. The molecule has 3 aromatic carbocycles. The number of fused-ring (bicyclic) bond motifs is 1. The van der Waals surface area contributed by atoms with Crippen LogP contribution in [0.1, 0.15) is 36.5 Å². The van der Waals surface area contributed by atoms with Crippen molar-refractivity contribution >= 4 is 34.0 Å². The smallest absolute Gasteiger partial charge is 0.255 e. The van der Waals surface area contributed by atoms with E-state index in [9.17, 15) is 14.0 Å². The van der Waals surface area contributed by atoms with Crippen molar-refractivity contribution in [1.82, 2.24) is 9.80 Å². The number of piperidine rings is 1. The summed E-state index contributed by atoms with van der Waals surface area (Å²) in [5.74, 6) is 0.124. The third-order valence-corrected chi connectivity index (χ3v) is 7.48. The summed E-state index contributed by atoms with van der Waals surface area (Å²) < 4.78 is 20.6. The second kappa shape index (κ2) is 11.8. The Morgan fingerprint density at radius 3 is 2.37 bits per heavy atom. The van der Waals surface area contributed by atoms with Crippen LogP contribution in [0, 0.1) is 5.82 Å². The minimum atomic E-state index is -0.408. The monoisotopic (exact) mass is 518 g/mol. The second-order valence-corrected chi connectivity index (χ2v) is 10.1. The van der Waals surface area contributed by atoms with E-state index in [0.29, 0.717) is 17.9 Å². The number of carbonyl (C=O) groups is 2. The molecule has 0 spiro atoms. The van der Waals surface area contributed by atoms with Crippen LogP contribution in [0.15, 0.2) is 54.6 Å². The molecule has 2 aliphatic rings. The van der Waals surface area contributed by atoms with E-state index in [0.717, 1.165) is 80.9 Å². The Morgan fingerprint density at radius 1 is 0.895 bits per heavy atom. The molecule has 0 atom stereocenters. The van der Waals surface area contributed by atoms with Crippen molar-refractivity contribution in [2.24, 2.45) is 0 Å². The average molecular weight is 519 g/mol. The van der Waals surface area contributed by atoms with Gasteiger partial charge in [0.1, 0.15) is 18.2 Å². The molecule has 7 nitrogen and oxygen atoms in total. The highest BCUT2D eigenvalue weighted by Gasteiger charge is 2.19. The SMILES string of the molecule is CC(=O)N1CCN(CCOc2ccc(NC(=O)c3cc(F)cc(N4CCCCC4)c3)c3ccccc23)CC1. The molecule has 200 valence electrons. The standard InChI is InChI=1S/C30H35FN4O3/c1-22(36)34-15-13-33(14-16-34)17-18-38-29-10-9-28(26-7-3-4-8-27(26)29)32-30(37)23-19-24(31)21-25(20-23)35-11-5-2-6-12-35/h3-4,7-10,19-21H,2,5-6,11-18H2,1H3,(H,32,37). The van der Waals surface area contributed by atoms with E-state index >= 15 is 0 Å². The lowest BCUT2D eigenvalue weighted by Gasteiger charge is -2.34. The molecule has 2 aliphatic heterocycles. The summed E-state index contributed by atoms with van der Waals surface area (Å²) in [5, 5.41) is 4.75. The fourth-order valence-electron chi connectivity index (χ4n) is 5.31. The summed E-state index contributed by atoms with van der Waals surface area (Å²) in [6.45, 7) is 7.85. The molecule has 2 amide bonds. The van der Waals surface area contributed by atoms with Crippen molar-refractivity contribution in [2.75, 3.05) is 62.6 Å². The minimum Gasteiger partial charge on any atom is -0.492 e. The number of amides is 2. The lowest BCUT2D eigenvalue weighted by Crippen LogP contribution is -2.48. The van der Waals surface area contributed by atoms with E-state index in [2.05, 4.69) is 15.1 Å². The lowest BCUT2D eigenvalue weighted by atomic mass is 10.1. The molecule has 5 rings (SSSR count). The van der Waals surface area contributed by atoms with Gasteiger partial charge in [-0.1, -0.05) is 24.3 Å². The first kappa shape index (κ1) is 26.0. The predicted molar refractivity (Wildman–Crippen MR) is 149 cm³/mol. The summed E-state index contributed by atoms with van der Waals surface area (Å²) in [4.78, 5) is 31.0. The molecule has 38 heavy (non-hydrogen) atoms. The van der Waals surface area contributed by atoms with Gasteiger partial charge in [0.05, 0.1) is 0 Å². The summed E-state index contributed by atoms with van der Waals surface area (Å²) >= 11 is 0. The fourth-order valence-corrected chi connectivity index (χ4v) is 5.31. The number of benzene rings is 3. The molecular weight excluding hydrogens is 483 g/mol. The summed E-state index contributed by atoms with van der Waals surface area (Å²) in [6, 6.07) is 16.1. The molecule has 0 unspecified atom stereocenters. The van der Waals surface area contributed by atoms with Crippen LogP contribution < -0.4 is 15.0 Å². The molecule has 2 fully saturated rings. The Bertz CT molecular complexity index is 1300. The Morgan fingerprint density at radius 2 is 1.63 bits per heavy atom. The van der Waals surface area contributed by atoms with Crippen LogP contribution in [0.2, 0.25) is 0 Å². The number of piperazine rings is 1. The van der Waals surface area contributed by atoms with Gasteiger partial charge in [-0.15, -0.1) is 0 Å². The highest BCUT2D eigenvalue weighted by molar-refractivity contribution is 6.10. The van der Waals surface area contributed by atoms with Gasteiger partial charge in [0, 0.05) is 80.4 Å². The normalized spacial score (nSPS) is 16.5. The van der Waals surface area contributed by atoms with Gasteiger partial charge in [0.15, 0.2) is 0 Å². The molecule has 1 N–H and O–H groups in total. The number of anilines is 2. The van der Waals surface area contributed by atoms with Crippen molar-refractivity contribution in [1.29, 1.82) is 0 Å². The predicted octanol–water partition coefficient (Wildman–Crippen LogP) is 4.76. The van der Waals surface area contributed by atoms with E-state index < -0.39 is 5.82 Å². The number of hydrogen-bond acceptors (Lipinski definition) is 5. The molecule has 0 aliphatic carbocycles. The third kappa shape index (κ3) is 6.07. The highest BCUT2D eigenvalue weighted by Crippen LogP contribution is 2.32. The van der Waals surface area contributed by atoms with Gasteiger partial charge < -0.3 is 19.9 Å². The zero-order valence-electron chi connectivity index (χ0n) is 21.9. The quantitative estimate of drug-likeness (QED) is 0.489. The van der Waals surface area contributed by atoms with Gasteiger partial charge >= 0.3 is 0 Å². The van der Waals surface area contributed by atoms with Crippen LogP contribution >= 0.6 is 0 Å². The minimum absolute atomic E-state index is 0.124. The number of ether oxygens (including phenoxy) is 1. The maximum atomic E-state index is 14.5. The van der Waals surface area contributed by atoms with Gasteiger partial charge in [0.25, 0.3) is 5.91 Å². The van der Waals surface area contributed by atoms with Crippen LogP contribution in [0.3, 0.4) is 0 Å². The van der Waals surface area contributed by atoms with Crippen molar-refractivity contribution in [3.63, 3.8) is 0 Å². The molecule has 2 saturated heterocycles. The van der Waals surface area contributed by atoms with Gasteiger partial charge in [-0.2, -0.15) is 0 Å². The van der Waals surface area contributed by atoms with E-state index in [1.807, 2.05) is 41.3 Å². The summed E-state index contributed by atoms with van der Waals surface area (Å²) in [7, 11) is 0. The van der Waals surface area contributed by atoms with Crippen molar-refractivity contribution in [2.45, 2.75) is 26.2 Å². The topological polar surface area (TPSA) is 65.1 Å². The first-order chi connectivity index (χ1) is 18.5. The van der Waals surface area contributed by atoms with E-state index in [1.165, 1.54) is 18.6 Å². The summed E-state index contributed by atoms with van der Waals surface area (Å²) in [6.07, 6.45) is 3.34. The molecule has 8 heteroatoms. The lowest BCUT2D eigenvalue weighted by molar-refractivity contribution is -0.130. The first-order valence-corrected chi connectivity index (χ1v) is 13.5. The maximum absolute atomic E-state index is 14.5. The average Bonchev–Trinajstić information content (AvgIpc) is 2.94. The van der Waals surface area contributed by atoms with Crippen molar-refractivity contribution < 1.29 is 18.7 Å². The van der Waals surface area contributed by atoms with Crippen LogP contribution in [0.5, 0.6) is 5.75 Å². The van der Waals surface area contributed by atoms with Gasteiger partial charge in [-0.05, 0) is 49.6 Å². The van der Waals surface area contributed by atoms with Gasteiger partial charge in [-0.3, -0.25) is 14.5 Å². The molecular formula is C30H35FN4O3. The second-order valence-electron chi connectivity index (χ2n) is 10.1. The number of rotatable bonds is 7. The summed E-state index contributed by atoms with van der Waals surface area (Å²) in [5.41, 5.74) is 1.72. The van der Waals surface area contributed by atoms with Crippen molar-refractivity contribution in [3.8, 4) is 5.75 Å². The van der Waals surface area contributed by atoms with E-state index in [4.69, 9.17) is 4.74 Å². The molecule has 0 radical (unpaired) electrons. The zero-order valence-corrected chi connectivity index (χ0v) is 21.9. The van der Waals surface area contributed by atoms with Gasteiger partial charge in [-0.25, -0.2) is 4.39 Å². The Labute approximate surface area is 223 Å². The third-order valence-electron chi connectivity index (χ3n) is 7.48. The van der Waals surface area contributed by atoms with E-state index in [1.54, 1.807) is 13.0 Å². The molecule has 0 bridgehead atoms. The molecule has 3 aromatic rings. The zero-order chi connectivity index (χ0) is 26.5. The number of nitrogens with zero attached hydrogens (tertiary/aromatic N) is 3. The largest absolute Gasteiger partial charge is 0.492 e. The van der Waals surface area contributed by atoms with Crippen LogP contribution in [-0.4, -0.2) is 74.0 Å². The molecule has 0 aromatic heterocycles. The molecule has 0 saturated carbocycles. The maximum Gasteiger partial charge on any atom is 0.255 e. The Hall–Kier alpha value is -3.65. The van der Waals surface area contributed by atoms with Crippen LogP contribution in [0.25, 0.3) is 10.8 Å². The van der Waals surface area contributed by atoms with Crippen LogP contribution in [-0.2, 0) is 4.79 Å². The Kier molecular flexibility index (Phi) is 8.08. The first-order valence-electron chi connectivity index (χ1n) is 13.5. The van der Waals surface area contributed by atoms with E-state index in [-0.39, 0.29) is 11.8 Å². The van der Waals surface area contributed by atoms with Crippen LogP contribution in [0.4, 0.5) is 15.8 Å². The van der Waals surface area contributed by atoms with Gasteiger partial charge in [0.2, 0.25) is 5.91 Å². The number of nitrogens with one attached hydrogen (secondary N) is 1. The van der Waals surface area contributed by atoms with Crippen molar-refractivity contribution in [3.05, 3.63) is 66.0 Å². The number of hydrogen-bond donors (Lipinski definition) is 1. The molecule has 2 heterocycles. The Balaban J connectivity index is 1.26.